The number of aliphatic hydroxyl groups is 1. The summed E-state index contributed by atoms with van der Waals surface area (Å²) in [6.07, 6.45) is 4.63. The lowest BCUT2D eigenvalue weighted by Gasteiger charge is -2.03. The molecule has 0 amide bonds. The van der Waals surface area contributed by atoms with Crippen LogP contribution in [0, 0.1) is 6.92 Å². The zero-order chi connectivity index (χ0) is 15.2. The topological polar surface area (TPSA) is 70.4 Å². The molecule has 0 spiro atoms. The van der Waals surface area contributed by atoms with Crippen LogP contribution in [0.2, 0.25) is 0 Å². The van der Waals surface area contributed by atoms with Gasteiger partial charge in [-0.05, 0) is 37.0 Å². The molecule has 1 aromatic heterocycles. The van der Waals surface area contributed by atoms with E-state index in [0.29, 0.717) is 5.69 Å². The van der Waals surface area contributed by atoms with Crippen LogP contribution in [0.1, 0.15) is 22.4 Å². The lowest BCUT2D eigenvalue weighted by Crippen LogP contribution is -1.99. The standard InChI is InChI=1S/C17H17NO3/c1-12-2-4-13(5-3-12)6-7-14-8-9-15(18-11-14)10-16(19)17(20)21/h2-5,8-11,19H,6-7H2,1H3,(H,20,21)/b16-10-. The number of aromatic nitrogens is 1. The number of hydrogen-bond acceptors (Lipinski definition) is 3. The van der Waals surface area contributed by atoms with Gasteiger partial charge in [0.25, 0.3) is 0 Å². The van der Waals surface area contributed by atoms with Gasteiger partial charge in [-0.2, -0.15) is 0 Å². The van der Waals surface area contributed by atoms with E-state index < -0.39 is 11.7 Å². The van der Waals surface area contributed by atoms with E-state index in [1.54, 1.807) is 12.3 Å². The highest BCUT2D eigenvalue weighted by Gasteiger charge is 2.04. The molecule has 0 saturated carbocycles. The summed E-state index contributed by atoms with van der Waals surface area (Å²) in [6.45, 7) is 2.06. The summed E-state index contributed by atoms with van der Waals surface area (Å²) < 4.78 is 0. The Balaban J connectivity index is 1.98. The Morgan fingerprint density at radius 1 is 1.05 bits per heavy atom. The highest BCUT2D eigenvalue weighted by Crippen LogP contribution is 2.10. The number of aryl methyl sites for hydroxylation is 3. The molecule has 2 N–H and O–H groups in total. The molecule has 0 aliphatic heterocycles. The molecule has 0 bridgehead atoms. The van der Waals surface area contributed by atoms with Gasteiger partial charge in [-0.25, -0.2) is 4.79 Å². The summed E-state index contributed by atoms with van der Waals surface area (Å²) in [5.41, 5.74) is 4.01. The Morgan fingerprint density at radius 2 is 1.67 bits per heavy atom. The van der Waals surface area contributed by atoms with Crippen LogP contribution in [0.25, 0.3) is 6.08 Å². The number of carboxylic acid groups (broad SMARTS) is 1. The largest absolute Gasteiger partial charge is 0.502 e. The zero-order valence-electron chi connectivity index (χ0n) is 11.8. The zero-order valence-corrected chi connectivity index (χ0v) is 11.8. The highest BCUT2D eigenvalue weighted by atomic mass is 16.4. The van der Waals surface area contributed by atoms with E-state index in [-0.39, 0.29) is 0 Å². The van der Waals surface area contributed by atoms with Crippen LogP contribution in [0.4, 0.5) is 0 Å². The molecular formula is C17H17NO3. The van der Waals surface area contributed by atoms with Crippen molar-refractivity contribution >= 4 is 12.0 Å². The van der Waals surface area contributed by atoms with E-state index >= 15 is 0 Å². The van der Waals surface area contributed by atoms with Gasteiger partial charge in [-0.3, -0.25) is 4.98 Å². The van der Waals surface area contributed by atoms with Gasteiger partial charge in [0.15, 0.2) is 0 Å². The summed E-state index contributed by atoms with van der Waals surface area (Å²) in [5.74, 6) is -2.07. The van der Waals surface area contributed by atoms with Gasteiger partial charge in [-0.1, -0.05) is 35.9 Å². The van der Waals surface area contributed by atoms with E-state index in [2.05, 4.69) is 36.2 Å². The third-order valence-electron chi connectivity index (χ3n) is 3.17. The smallest absolute Gasteiger partial charge is 0.371 e. The number of aliphatic carboxylic acids is 1. The van der Waals surface area contributed by atoms with E-state index in [1.165, 1.54) is 11.1 Å². The first kappa shape index (κ1) is 14.8. The van der Waals surface area contributed by atoms with Crippen molar-refractivity contribution in [3.8, 4) is 0 Å². The van der Waals surface area contributed by atoms with Crippen LogP contribution in [0.5, 0.6) is 0 Å². The van der Waals surface area contributed by atoms with Crippen molar-refractivity contribution in [1.29, 1.82) is 0 Å². The maximum Gasteiger partial charge on any atom is 0.371 e. The molecule has 108 valence electrons. The minimum atomic E-state index is -1.36. The van der Waals surface area contributed by atoms with Crippen LogP contribution in [-0.4, -0.2) is 21.2 Å². The number of pyridine rings is 1. The molecule has 2 aromatic rings. The first-order valence-electron chi connectivity index (χ1n) is 6.69. The van der Waals surface area contributed by atoms with Crippen molar-refractivity contribution in [1.82, 2.24) is 4.98 Å². The molecule has 0 fully saturated rings. The third kappa shape index (κ3) is 4.45. The molecule has 0 saturated heterocycles. The Labute approximate surface area is 123 Å². The van der Waals surface area contributed by atoms with Crippen LogP contribution in [0.15, 0.2) is 48.4 Å². The molecule has 0 radical (unpaired) electrons. The van der Waals surface area contributed by atoms with Crippen molar-refractivity contribution in [2.45, 2.75) is 19.8 Å². The summed E-state index contributed by atoms with van der Waals surface area (Å²) >= 11 is 0. The fourth-order valence-corrected chi connectivity index (χ4v) is 1.91. The minimum absolute atomic E-state index is 0.425. The normalized spacial score (nSPS) is 11.4. The number of carbonyl (C=O) groups is 1. The van der Waals surface area contributed by atoms with E-state index in [1.807, 2.05) is 6.07 Å². The van der Waals surface area contributed by atoms with Crippen LogP contribution < -0.4 is 0 Å². The van der Waals surface area contributed by atoms with Crippen molar-refractivity contribution in [3.05, 3.63) is 70.7 Å². The SMILES string of the molecule is Cc1ccc(CCc2ccc(/C=C(\O)C(=O)O)nc2)cc1. The van der Waals surface area contributed by atoms with Gasteiger partial charge in [-0.15, -0.1) is 0 Å². The number of benzene rings is 1. The lowest BCUT2D eigenvalue weighted by atomic mass is 10.0. The maximum absolute atomic E-state index is 10.5. The number of nitrogens with zero attached hydrogens (tertiary/aromatic N) is 1. The second-order valence-electron chi connectivity index (χ2n) is 4.91. The average Bonchev–Trinajstić information content (AvgIpc) is 2.48. The predicted molar refractivity (Wildman–Crippen MR) is 81.1 cm³/mol. The Hall–Kier alpha value is -2.62. The van der Waals surface area contributed by atoms with Gasteiger partial charge in [0.05, 0.1) is 5.69 Å². The first-order chi connectivity index (χ1) is 10.0. The molecule has 2 rings (SSSR count). The van der Waals surface area contributed by atoms with Gasteiger partial charge in [0.1, 0.15) is 0 Å². The monoisotopic (exact) mass is 283 g/mol. The minimum Gasteiger partial charge on any atom is -0.502 e. The molecule has 1 heterocycles. The highest BCUT2D eigenvalue weighted by molar-refractivity contribution is 5.88. The van der Waals surface area contributed by atoms with Crippen LogP contribution in [-0.2, 0) is 17.6 Å². The number of hydrogen-bond donors (Lipinski definition) is 2. The van der Waals surface area contributed by atoms with Crippen molar-refractivity contribution in [2.75, 3.05) is 0 Å². The van der Waals surface area contributed by atoms with E-state index in [9.17, 15) is 4.79 Å². The Bertz CT molecular complexity index is 643. The molecule has 1 aromatic carbocycles. The maximum atomic E-state index is 10.5. The molecule has 0 atom stereocenters. The van der Waals surface area contributed by atoms with Crippen LogP contribution >= 0.6 is 0 Å². The quantitative estimate of drug-likeness (QED) is 0.653. The lowest BCUT2D eigenvalue weighted by molar-refractivity contribution is -0.135. The molecule has 21 heavy (non-hydrogen) atoms. The van der Waals surface area contributed by atoms with Gasteiger partial charge in [0.2, 0.25) is 5.76 Å². The van der Waals surface area contributed by atoms with E-state index in [4.69, 9.17) is 10.2 Å². The first-order valence-corrected chi connectivity index (χ1v) is 6.69. The Kier molecular flexibility index (Phi) is 4.72. The number of carboxylic acids is 1. The van der Waals surface area contributed by atoms with Crippen molar-refractivity contribution in [2.24, 2.45) is 0 Å². The third-order valence-corrected chi connectivity index (χ3v) is 3.17. The summed E-state index contributed by atoms with van der Waals surface area (Å²) in [6, 6.07) is 12.0. The number of aliphatic hydroxyl groups excluding tert-OH is 1. The van der Waals surface area contributed by atoms with Crippen molar-refractivity contribution < 1.29 is 15.0 Å². The second-order valence-corrected chi connectivity index (χ2v) is 4.91. The fourth-order valence-electron chi connectivity index (χ4n) is 1.91. The predicted octanol–water partition coefficient (Wildman–Crippen LogP) is 3.16. The average molecular weight is 283 g/mol. The van der Waals surface area contributed by atoms with Crippen LogP contribution in [0.3, 0.4) is 0 Å². The summed E-state index contributed by atoms with van der Waals surface area (Å²) in [4.78, 5) is 14.6. The molecule has 4 nitrogen and oxygen atoms in total. The summed E-state index contributed by atoms with van der Waals surface area (Å²) in [7, 11) is 0. The van der Waals surface area contributed by atoms with Gasteiger partial charge >= 0.3 is 5.97 Å². The number of rotatable bonds is 5. The molecule has 0 unspecified atom stereocenters. The molecule has 0 aliphatic rings. The Morgan fingerprint density at radius 3 is 2.24 bits per heavy atom. The van der Waals surface area contributed by atoms with Crippen molar-refractivity contribution in [3.63, 3.8) is 0 Å². The summed E-state index contributed by atoms with van der Waals surface area (Å²) in [5, 5.41) is 17.7. The van der Waals surface area contributed by atoms with Gasteiger partial charge < -0.3 is 10.2 Å². The fraction of sp³-hybridized carbons (Fsp3) is 0.176. The molecule has 4 heteroatoms. The second kappa shape index (κ2) is 6.70. The molecule has 0 aliphatic carbocycles. The van der Waals surface area contributed by atoms with E-state index in [0.717, 1.165) is 24.5 Å². The molecular weight excluding hydrogens is 266 g/mol. The van der Waals surface area contributed by atoms with Gasteiger partial charge in [0, 0.05) is 12.3 Å².